The molecule has 1 aromatic carbocycles. The average Bonchev–Trinajstić information content (AvgIpc) is 3.11. The number of hydrogen-bond donors (Lipinski definition) is 1. The minimum absolute atomic E-state index is 0.0421. The molecule has 0 aliphatic carbocycles. The van der Waals surface area contributed by atoms with Crippen LogP contribution < -0.4 is 0 Å². The van der Waals surface area contributed by atoms with E-state index in [1.54, 1.807) is 6.20 Å². The Hall–Kier alpha value is -3.66. The highest BCUT2D eigenvalue weighted by atomic mass is 16.4. The van der Waals surface area contributed by atoms with Crippen molar-refractivity contribution in [3.8, 4) is 6.07 Å². The van der Waals surface area contributed by atoms with Crippen molar-refractivity contribution >= 4 is 22.9 Å². The number of nitrogens with zero attached hydrogens (tertiary/aromatic N) is 4. The monoisotopic (exact) mass is 472 g/mol. The van der Waals surface area contributed by atoms with Gasteiger partial charge in [0.25, 0.3) is 0 Å². The van der Waals surface area contributed by atoms with Gasteiger partial charge in [-0.25, -0.2) is 4.98 Å². The van der Waals surface area contributed by atoms with Gasteiger partial charge in [-0.1, -0.05) is 39.8 Å². The Bertz CT molecular complexity index is 1310. The van der Waals surface area contributed by atoms with Gasteiger partial charge in [0.1, 0.15) is 5.65 Å². The lowest BCUT2D eigenvalue weighted by molar-refractivity contribution is -0.140. The predicted octanol–water partition coefficient (Wildman–Crippen LogP) is 4.86. The molecule has 0 saturated carbocycles. The van der Waals surface area contributed by atoms with Crippen LogP contribution >= 0.6 is 0 Å². The third kappa shape index (κ3) is 5.07. The topological polar surface area (TPSA) is 99.2 Å². The molecule has 0 bridgehead atoms. The van der Waals surface area contributed by atoms with Crippen molar-refractivity contribution in [3.05, 3.63) is 65.0 Å². The second-order valence-corrected chi connectivity index (χ2v) is 11.0. The number of aliphatic carboxylic acids is 1. The van der Waals surface area contributed by atoms with Gasteiger partial charge in [-0.3, -0.25) is 9.59 Å². The quantitative estimate of drug-likeness (QED) is 0.530. The van der Waals surface area contributed by atoms with Crippen molar-refractivity contribution in [1.29, 1.82) is 5.26 Å². The Labute approximate surface area is 206 Å². The first-order chi connectivity index (χ1) is 16.5. The summed E-state index contributed by atoms with van der Waals surface area (Å²) in [5.41, 5.74) is 4.18. The van der Waals surface area contributed by atoms with Gasteiger partial charge in [0, 0.05) is 42.2 Å². The maximum Gasteiger partial charge on any atom is 0.303 e. The fraction of sp³-hybridized carbons (Fsp3) is 0.429. The van der Waals surface area contributed by atoms with Gasteiger partial charge in [-0.05, 0) is 47.2 Å². The van der Waals surface area contributed by atoms with Gasteiger partial charge in [-0.2, -0.15) is 5.26 Å². The third-order valence-electron chi connectivity index (χ3n) is 6.95. The number of benzene rings is 1. The second-order valence-electron chi connectivity index (χ2n) is 11.0. The van der Waals surface area contributed by atoms with E-state index >= 15 is 0 Å². The molecule has 3 heterocycles. The summed E-state index contributed by atoms with van der Waals surface area (Å²) in [6, 6.07) is 13.8. The molecule has 35 heavy (non-hydrogen) atoms. The lowest BCUT2D eigenvalue weighted by Crippen LogP contribution is -2.45. The molecule has 0 atom stereocenters. The Kier molecular flexibility index (Phi) is 6.42. The van der Waals surface area contributed by atoms with Crippen molar-refractivity contribution in [2.75, 3.05) is 6.54 Å². The van der Waals surface area contributed by atoms with E-state index in [4.69, 9.17) is 10.2 Å². The van der Waals surface area contributed by atoms with Crippen LogP contribution in [0, 0.1) is 16.7 Å². The van der Waals surface area contributed by atoms with Crippen molar-refractivity contribution < 1.29 is 14.7 Å². The van der Waals surface area contributed by atoms with Crippen LogP contribution in [-0.2, 0) is 28.1 Å². The summed E-state index contributed by atoms with van der Waals surface area (Å²) in [6.07, 6.45) is 2.68. The first-order valence-corrected chi connectivity index (χ1v) is 12.0. The molecule has 1 N–H and O–H groups in total. The normalized spacial score (nSPS) is 15.0. The zero-order chi connectivity index (χ0) is 25.4. The SMILES string of the molecule is CC(C)(CCC(=O)N1Cc2c(c3cccnc3n2Cc2ccc(C#N)cc2)C(C)(C)C1)CC(=O)O. The van der Waals surface area contributed by atoms with Crippen molar-refractivity contribution in [2.45, 2.75) is 65.5 Å². The van der Waals surface area contributed by atoms with Gasteiger partial charge in [0.15, 0.2) is 0 Å². The molecule has 7 heteroatoms. The molecule has 0 fully saturated rings. The molecule has 4 rings (SSSR count). The van der Waals surface area contributed by atoms with Crippen molar-refractivity contribution in [3.63, 3.8) is 0 Å². The Balaban J connectivity index is 1.67. The molecular formula is C28H32N4O3. The lowest BCUT2D eigenvalue weighted by atomic mass is 9.79. The van der Waals surface area contributed by atoms with Crippen molar-refractivity contribution in [1.82, 2.24) is 14.5 Å². The number of carbonyl (C=O) groups is 2. The highest BCUT2D eigenvalue weighted by Gasteiger charge is 2.38. The predicted molar refractivity (Wildman–Crippen MR) is 134 cm³/mol. The van der Waals surface area contributed by atoms with Crippen LogP contribution in [0.15, 0.2) is 42.6 Å². The minimum Gasteiger partial charge on any atom is -0.481 e. The summed E-state index contributed by atoms with van der Waals surface area (Å²) < 4.78 is 2.20. The summed E-state index contributed by atoms with van der Waals surface area (Å²) in [4.78, 5) is 31.1. The average molecular weight is 473 g/mol. The van der Waals surface area contributed by atoms with Gasteiger partial charge in [-0.15, -0.1) is 0 Å². The molecule has 1 aliphatic rings. The van der Waals surface area contributed by atoms with Crippen LogP contribution in [0.4, 0.5) is 0 Å². The van der Waals surface area contributed by atoms with Gasteiger partial charge in [0.2, 0.25) is 5.91 Å². The smallest absolute Gasteiger partial charge is 0.303 e. The lowest BCUT2D eigenvalue weighted by Gasteiger charge is -2.39. The van der Waals surface area contributed by atoms with Crippen molar-refractivity contribution in [2.24, 2.45) is 5.41 Å². The summed E-state index contributed by atoms with van der Waals surface area (Å²) in [5, 5.41) is 19.4. The third-order valence-corrected chi connectivity index (χ3v) is 6.95. The number of rotatable bonds is 7. The number of carboxylic acids is 1. The van der Waals surface area contributed by atoms with Crippen LogP contribution in [0.25, 0.3) is 11.0 Å². The van der Waals surface area contributed by atoms with E-state index in [1.807, 2.05) is 49.1 Å². The summed E-state index contributed by atoms with van der Waals surface area (Å²) >= 11 is 0. The first kappa shape index (κ1) is 24.5. The fourth-order valence-corrected chi connectivity index (χ4v) is 5.25. The van der Waals surface area contributed by atoms with E-state index in [2.05, 4.69) is 30.6 Å². The molecule has 0 spiro atoms. The number of aromatic nitrogens is 2. The highest BCUT2D eigenvalue weighted by molar-refractivity contribution is 5.85. The zero-order valence-electron chi connectivity index (χ0n) is 20.8. The molecule has 7 nitrogen and oxygen atoms in total. The van der Waals surface area contributed by atoms with Crippen LogP contribution in [0.5, 0.6) is 0 Å². The van der Waals surface area contributed by atoms with Crippen LogP contribution in [0.3, 0.4) is 0 Å². The molecule has 0 unspecified atom stereocenters. The molecule has 2 aromatic heterocycles. The number of nitriles is 1. The van der Waals surface area contributed by atoms with Gasteiger partial charge in [0.05, 0.1) is 24.6 Å². The molecule has 0 saturated heterocycles. The standard InChI is InChI=1S/C28H32N4O3/c1-27(2,14-24(34)35)12-11-23(33)31-17-22-25(28(3,4)18-31)21-6-5-13-30-26(21)32(22)16-20-9-7-19(15-29)8-10-20/h5-10,13H,11-12,14,16-18H2,1-4H3,(H,34,35). The Morgan fingerprint density at radius 3 is 2.57 bits per heavy atom. The Morgan fingerprint density at radius 2 is 1.91 bits per heavy atom. The fourth-order valence-electron chi connectivity index (χ4n) is 5.25. The van der Waals surface area contributed by atoms with E-state index in [-0.39, 0.29) is 17.7 Å². The highest BCUT2D eigenvalue weighted by Crippen LogP contribution is 2.40. The van der Waals surface area contributed by atoms with Gasteiger partial charge < -0.3 is 14.6 Å². The van der Waals surface area contributed by atoms with E-state index < -0.39 is 11.4 Å². The molecule has 3 aromatic rings. The number of carboxylic acid groups (broad SMARTS) is 1. The van der Waals surface area contributed by atoms with Gasteiger partial charge >= 0.3 is 5.97 Å². The maximum atomic E-state index is 13.3. The van der Waals surface area contributed by atoms with E-state index in [9.17, 15) is 14.7 Å². The van der Waals surface area contributed by atoms with Crippen LogP contribution in [0.1, 0.15) is 69.3 Å². The zero-order valence-corrected chi connectivity index (χ0v) is 20.8. The molecule has 1 amide bonds. The maximum absolute atomic E-state index is 13.3. The Morgan fingerprint density at radius 1 is 1.20 bits per heavy atom. The number of fused-ring (bicyclic) bond motifs is 3. The number of hydrogen-bond acceptors (Lipinski definition) is 4. The summed E-state index contributed by atoms with van der Waals surface area (Å²) in [7, 11) is 0. The van der Waals surface area contributed by atoms with E-state index in [1.165, 1.54) is 5.56 Å². The van der Waals surface area contributed by atoms with Crippen LogP contribution in [-0.4, -0.2) is 38.0 Å². The second kappa shape index (κ2) is 9.18. The molecule has 0 radical (unpaired) electrons. The van der Waals surface area contributed by atoms with E-state index in [0.29, 0.717) is 38.0 Å². The molecular weight excluding hydrogens is 440 g/mol. The number of carbonyl (C=O) groups excluding carboxylic acids is 1. The summed E-state index contributed by atoms with van der Waals surface area (Å²) in [5.74, 6) is -0.795. The molecule has 1 aliphatic heterocycles. The number of pyridine rings is 1. The minimum atomic E-state index is -0.842. The van der Waals surface area contributed by atoms with E-state index in [0.717, 1.165) is 22.3 Å². The number of amides is 1. The first-order valence-electron chi connectivity index (χ1n) is 12.0. The molecule has 182 valence electrons. The largest absolute Gasteiger partial charge is 0.481 e. The summed E-state index contributed by atoms with van der Waals surface area (Å²) in [6.45, 7) is 9.81. The van der Waals surface area contributed by atoms with Crippen LogP contribution in [0.2, 0.25) is 0 Å².